The summed E-state index contributed by atoms with van der Waals surface area (Å²) in [5.74, 6) is 0.775. The molecule has 0 saturated carbocycles. The lowest BCUT2D eigenvalue weighted by Crippen LogP contribution is -2.38. The second-order valence-corrected chi connectivity index (χ2v) is 4.39. The van der Waals surface area contributed by atoms with Crippen molar-refractivity contribution in [2.24, 2.45) is 11.7 Å². The maximum atomic E-state index is 11.9. The SMILES string of the molecule is COC(CN)CC(=O)N1CCC(C)C1C. The topological polar surface area (TPSA) is 55.6 Å². The lowest BCUT2D eigenvalue weighted by Gasteiger charge is -2.25. The first kappa shape index (κ1) is 12.5. The van der Waals surface area contributed by atoms with Crippen LogP contribution in [0.1, 0.15) is 26.7 Å². The molecule has 0 aromatic carbocycles. The van der Waals surface area contributed by atoms with E-state index in [2.05, 4.69) is 13.8 Å². The zero-order valence-electron chi connectivity index (χ0n) is 9.90. The number of hydrogen-bond donors (Lipinski definition) is 1. The van der Waals surface area contributed by atoms with Gasteiger partial charge in [0.25, 0.3) is 0 Å². The molecule has 2 N–H and O–H groups in total. The van der Waals surface area contributed by atoms with E-state index in [0.29, 0.717) is 24.9 Å². The molecule has 0 aromatic heterocycles. The molecule has 1 aliphatic rings. The highest BCUT2D eigenvalue weighted by Crippen LogP contribution is 2.24. The van der Waals surface area contributed by atoms with E-state index in [1.807, 2.05) is 4.90 Å². The molecule has 0 aliphatic carbocycles. The molecule has 15 heavy (non-hydrogen) atoms. The highest BCUT2D eigenvalue weighted by Gasteiger charge is 2.31. The molecule has 88 valence electrons. The first-order valence-corrected chi connectivity index (χ1v) is 5.62. The van der Waals surface area contributed by atoms with Crippen molar-refractivity contribution in [3.63, 3.8) is 0 Å². The van der Waals surface area contributed by atoms with Crippen molar-refractivity contribution in [2.75, 3.05) is 20.2 Å². The summed E-state index contributed by atoms with van der Waals surface area (Å²) in [4.78, 5) is 13.9. The molecule has 1 aliphatic heterocycles. The quantitative estimate of drug-likeness (QED) is 0.746. The molecule has 3 unspecified atom stereocenters. The predicted molar refractivity (Wildman–Crippen MR) is 59.4 cm³/mol. The van der Waals surface area contributed by atoms with Crippen molar-refractivity contribution in [2.45, 2.75) is 38.8 Å². The smallest absolute Gasteiger partial charge is 0.225 e. The lowest BCUT2D eigenvalue weighted by molar-refractivity contribution is -0.134. The van der Waals surface area contributed by atoms with Crippen LogP contribution >= 0.6 is 0 Å². The Morgan fingerprint density at radius 3 is 2.67 bits per heavy atom. The number of ether oxygens (including phenoxy) is 1. The van der Waals surface area contributed by atoms with Gasteiger partial charge in [0.05, 0.1) is 12.5 Å². The fraction of sp³-hybridized carbons (Fsp3) is 0.909. The van der Waals surface area contributed by atoms with Crippen molar-refractivity contribution in [3.8, 4) is 0 Å². The Morgan fingerprint density at radius 1 is 1.60 bits per heavy atom. The third kappa shape index (κ3) is 2.92. The van der Waals surface area contributed by atoms with Crippen molar-refractivity contribution < 1.29 is 9.53 Å². The molecular formula is C11H22N2O2. The molecule has 4 heteroatoms. The Bertz CT molecular complexity index is 217. The van der Waals surface area contributed by atoms with Crippen molar-refractivity contribution in [1.82, 2.24) is 4.90 Å². The number of rotatable bonds is 4. The van der Waals surface area contributed by atoms with Gasteiger partial charge in [-0.05, 0) is 19.3 Å². The number of carbonyl (C=O) groups excluding carboxylic acids is 1. The maximum absolute atomic E-state index is 11.9. The number of nitrogens with two attached hydrogens (primary N) is 1. The summed E-state index contributed by atoms with van der Waals surface area (Å²) in [7, 11) is 1.60. The van der Waals surface area contributed by atoms with Crippen LogP contribution in [0.15, 0.2) is 0 Å². The fourth-order valence-corrected chi connectivity index (χ4v) is 2.02. The summed E-state index contributed by atoms with van der Waals surface area (Å²) in [6.07, 6.45) is 1.37. The Balaban J connectivity index is 2.47. The first-order chi connectivity index (χ1) is 7.10. The van der Waals surface area contributed by atoms with Gasteiger partial charge in [-0.25, -0.2) is 0 Å². The molecule has 3 atom stereocenters. The van der Waals surface area contributed by atoms with Gasteiger partial charge in [0.2, 0.25) is 5.91 Å². The van der Waals surface area contributed by atoms with Gasteiger partial charge in [-0.3, -0.25) is 4.79 Å². The van der Waals surface area contributed by atoms with E-state index in [4.69, 9.17) is 10.5 Å². The van der Waals surface area contributed by atoms with E-state index in [1.165, 1.54) is 0 Å². The summed E-state index contributed by atoms with van der Waals surface area (Å²) in [5, 5.41) is 0. The Hall–Kier alpha value is -0.610. The van der Waals surface area contributed by atoms with Crippen LogP contribution in [-0.4, -0.2) is 43.2 Å². The number of nitrogens with zero attached hydrogens (tertiary/aromatic N) is 1. The van der Waals surface area contributed by atoms with Crippen LogP contribution in [-0.2, 0) is 9.53 Å². The molecule has 1 fully saturated rings. The third-order valence-corrected chi connectivity index (χ3v) is 3.46. The summed E-state index contributed by atoms with van der Waals surface area (Å²) in [6.45, 7) is 5.58. The van der Waals surface area contributed by atoms with Crippen LogP contribution in [0.2, 0.25) is 0 Å². The molecule has 0 spiro atoms. The predicted octanol–water partition coefficient (Wildman–Crippen LogP) is 0.607. The molecule has 1 heterocycles. The minimum atomic E-state index is -0.138. The molecule has 1 amide bonds. The van der Waals surface area contributed by atoms with Gasteiger partial charge < -0.3 is 15.4 Å². The Kier molecular flexibility index (Phi) is 4.54. The van der Waals surface area contributed by atoms with Crippen LogP contribution in [0.5, 0.6) is 0 Å². The molecule has 0 bridgehead atoms. The zero-order chi connectivity index (χ0) is 11.4. The summed E-state index contributed by atoms with van der Waals surface area (Å²) < 4.78 is 5.12. The van der Waals surface area contributed by atoms with Crippen LogP contribution < -0.4 is 5.73 Å². The molecular weight excluding hydrogens is 192 g/mol. The minimum Gasteiger partial charge on any atom is -0.380 e. The van der Waals surface area contributed by atoms with Crippen LogP contribution in [0.25, 0.3) is 0 Å². The normalized spacial score (nSPS) is 28.1. The number of methoxy groups -OCH3 is 1. The van der Waals surface area contributed by atoms with Crippen LogP contribution in [0.4, 0.5) is 0 Å². The van der Waals surface area contributed by atoms with Crippen molar-refractivity contribution >= 4 is 5.91 Å². The second kappa shape index (κ2) is 5.47. The summed E-state index contributed by atoms with van der Waals surface area (Å²) >= 11 is 0. The minimum absolute atomic E-state index is 0.138. The number of carbonyl (C=O) groups is 1. The number of amides is 1. The van der Waals surface area contributed by atoms with E-state index in [9.17, 15) is 4.79 Å². The van der Waals surface area contributed by atoms with Gasteiger partial charge >= 0.3 is 0 Å². The maximum Gasteiger partial charge on any atom is 0.225 e. The lowest BCUT2D eigenvalue weighted by atomic mass is 10.1. The highest BCUT2D eigenvalue weighted by molar-refractivity contribution is 5.77. The molecule has 1 saturated heterocycles. The Morgan fingerprint density at radius 2 is 2.27 bits per heavy atom. The van der Waals surface area contributed by atoms with E-state index in [1.54, 1.807) is 7.11 Å². The zero-order valence-corrected chi connectivity index (χ0v) is 9.90. The highest BCUT2D eigenvalue weighted by atomic mass is 16.5. The van der Waals surface area contributed by atoms with Gasteiger partial charge in [0, 0.05) is 26.2 Å². The van der Waals surface area contributed by atoms with Crippen molar-refractivity contribution in [1.29, 1.82) is 0 Å². The molecule has 0 radical (unpaired) electrons. The van der Waals surface area contributed by atoms with E-state index in [-0.39, 0.29) is 12.0 Å². The van der Waals surface area contributed by atoms with Gasteiger partial charge in [-0.2, -0.15) is 0 Å². The van der Waals surface area contributed by atoms with Crippen LogP contribution in [0, 0.1) is 5.92 Å². The fourth-order valence-electron chi connectivity index (χ4n) is 2.02. The second-order valence-electron chi connectivity index (χ2n) is 4.39. The molecule has 1 rings (SSSR count). The largest absolute Gasteiger partial charge is 0.380 e. The Labute approximate surface area is 91.8 Å². The number of likely N-dealkylation sites (tertiary alicyclic amines) is 1. The van der Waals surface area contributed by atoms with Gasteiger partial charge in [-0.15, -0.1) is 0 Å². The monoisotopic (exact) mass is 214 g/mol. The van der Waals surface area contributed by atoms with Crippen LogP contribution in [0.3, 0.4) is 0 Å². The summed E-state index contributed by atoms with van der Waals surface area (Å²) in [5.41, 5.74) is 5.50. The van der Waals surface area contributed by atoms with E-state index >= 15 is 0 Å². The third-order valence-electron chi connectivity index (χ3n) is 3.46. The van der Waals surface area contributed by atoms with Gasteiger partial charge in [0.1, 0.15) is 0 Å². The average Bonchev–Trinajstić information content (AvgIpc) is 2.56. The van der Waals surface area contributed by atoms with Gasteiger partial charge in [0.15, 0.2) is 0 Å². The average molecular weight is 214 g/mol. The van der Waals surface area contributed by atoms with E-state index < -0.39 is 0 Å². The molecule has 4 nitrogen and oxygen atoms in total. The number of hydrogen-bond acceptors (Lipinski definition) is 3. The van der Waals surface area contributed by atoms with E-state index in [0.717, 1.165) is 13.0 Å². The standard InChI is InChI=1S/C11H22N2O2/c1-8-4-5-13(9(8)2)11(14)6-10(7-12)15-3/h8-10H,4-7,12H2,1-3H3. The molecule has 0 aromatic rings. The summed E-state index contributed by atoms with van der Waals surface area (Å²) in [6, 6.07) is 0.354. The first-order valence-electron chi connectivity index (χ1n) is 5.62. The van der Waals surface area contributed by atoms with Crippen molar-refractivity contribution in [3.05, 3.63) is 0 Å². The van der Waals surface area contributed by atoms with Gasteiger partial charge in [-0.1, -0.05) is 6.92 Å².